The third kappa shape index (κ3) is 7.10. The minimum absolute atomic E-state index is 0.315. The van der Waals surface area contributed by atoms with Crippen molar-refractivity contribution >= 4 is 17.2 Å². The van der Waals surface area contributed by atoms with Gasteiger partial charge in [-0.3, -0.25) is 0 Å². The van der Waals surface area contributed by atoms with Gasteiger partial charge in [0.15, 0.2) is 0 Å². The first-order valence-corrected chi connectivity index (χ1v) is 6.75. The zero-order valence-corrected chi connectivity index (χ0v) is 12.3. The van der Waals surface area contributed by atoms with Gasteiger partial charge in [0.05, 0.1) is 11.1 Å². The van der Waals surface area contributed by atoms with Gasteiger partial charge < -0.3 is 20.5 Å². The Hall–Kier alpha value is -1.17. The van der Waals surface area contributed by atoms with Gasteiger partial charge in [-0.25, -0.2) is 0 Å². The van der Waals surface area contributed by atoms with Gasteiger partial charge in [-0.05, 0) is 31.7 Å². The molecule has 0 aliphatic carbocycles. The van der Waals surface area contributed by atoms with Crippen LogP contribution in [0.4, 0.5) is 0 Å². The van der Waals surface area contributed by atoms with Crippen LogP contribution >= 0.6 is 12.2 Å². The minimum Gasteiger partial charge on any atom is -0.492 e. The molecule has 0 bridgehead atoms. The summed E-state index contributed by atoms with van der Waals surface area (Å²) >= 11 is 4.86. The molecule has 0 saturated heterocycles. The van der Waals surface area contributed by atoms with Gasteiger partial charge in [0, 0.05) is 19.5 Å². The molecule has 4 nitrogen and oxygen atoms in total. The van der Waals surface area contributed by atoms with Crippen molar-refractivity contribution in [3.8, 4) is 5.75 Å². The fourth-order valence-corrected chi connectivity index (χ4v) is 1.93. The van der Waals surface area contributed by atoms with Crippen LogP contribution in [-0.2, 0) is 6.42 Å². The van der Waals surface area contributed by atoms with Crippen molar-refractivity contribution < 1.29 is 9.84 Å². The van der Waals surface area contributed by atoms with Crippen LogP contribution in [0.15, 0.2) is 24.3 Å². The Labute approximate surface area is 120 Å². The predicted molar refractivity (Wildman–Crippen MR) is 81.6 cm³/mol. The van der Waals surface area contributed by atoms with E-state index in [1.807, 2.05) is 36.2 Å². The molecule has 0 heterocycles. The standard InChI is InChI=1S/C14H22N2O2S/c1-11(17)10-16(2)7-8-18-13-5-3-12(4-6-13)9-14(15)19/h3-6,11,17H,7-10H2,1-2H3,(H2,15,19). The molecule has 1 unspecified atom stereocenters. The average Bonchev–Trinajstić information content (AvgIpc) is 2.29. The number of benzene rings is 1. The first kappa shape index (κ1) is 15.9. The van der Waals surface area contributed by atoms with E-state index in [-0.39, 0.29) is 6.10 Å². The number of ether oxygens (including phenoxy) is 1. The Morgan fingerprint density at radius 3 is 2.58 bits per heavy atom. The van der Waals surface area contributed by atoms with E-state index in [0.717, 1.165) is 17.9 Å². The number of thiocarbonyl (C=S) groups is 1. The third-order valence-electron chi connectivity index (χ3n) is 2.62. The summed E-state index contributed by atoms with van der Waals surface area (Å²) in [5, 5.41) is 9.24. The van der Waals surface area contributed by atoms with Gasteiger partial charge in [-0.1, -0.05) is 24.4 Å². The molecule has 5 heteroatoms. The number of likely N-dealkylation sites (N-methyl/N-ethyl adjacent to an activating group) is 1. The second kappa shape index (κ2) is 8.09. The van der Waals surface area contributed by atoms with Crippen LogP contribution in [0.25, 0.3) is 0 Å². The van der Waals surface area contributed by atoms with E-state index in [2.05, 4.69) is 0 Å². The lowest BCUT2D eigenvalue weighted by molar-refractivity contribution is 0.131. The maximum atomic E-state index is 9.24. The Morgan fingerprint density at radius 1 is 1.42 bits per heavy atom. The fourth-order valence-electron chi connectivity index (χ4n) is 1.77. The summed E-state index contributed by atoms with van der Waals surface area (Å²) in [6.45, 7) is 3.80. The van der Waals surface area contributed by atoms with Gasteiger partial charge in [0.2, 0.25) is 0 Å². The van der Waals surface area contributed by atoms with Gasteiger partial charge in [-0.2, -0.15) is 0 Å². The lowest BCUT2D eigenvalue weighted by atomic mass is 10.1. The molecule has 0 radical (unpaired) electrons. The lowest BCUT2D eigenvalue weighted by Gasteiger charge is -2.18. The van der Waals surface area contributed by atoms with E-state index in [4.69, 9.17) is 22.7 Å². The van der Waals surface area contributed by atoms with Crippen molar-refractivity contribution in [1.82, 2.24) is 4.90 Å². The van der Waals surface area contributed by atoms with Crippen molar-refractivity contribution in [1.29, 1.82) is 0 Å². The number of aliphatic hydroxyl groups is 1. The molecule has 1 rings (SSSR count). The SMILES string of the molecule is CC(O)CN(C)CCOc1ccc(CC(N)=S)cc1. The van der Waals surface area contributed by atoms with Crippen LogP contribution in [0.2, 0.25) is 0 Å². The second-order valence-electron chi connectivity index (χ2n) is 4.75. The maximum Gasteiger partial charge on any atom is 0.119 e. The van der Waals surface area contributed by atoms with Crippen LogP contribution < -0.4 is 10.5 Å². The number of hydrogen-bond acceptors (Lipinski definition) is 4. The van der Waals surface area contributed by atoms with Crippen LogP contribution in [0.3, 0.4) is 0 Å². The molecule has 0 amide bonds. The molecular formula is C14H22N2O2S. The Kier molecular flexibility index (Phi) is 6.77. The molecule has 0 saturated carbocycles. The smallest absolute Gasteiger partial charge is 0.119 e. The highest BCUT2D eigenvalue weighted by Gasteiger charge is 2.03. The Balaban J connectivity index is 2.31. The Bertz CT molecular complexity index is 393. The first-order valence-electron chi connectivity index (χ1n) is 6.34. The lowest BCUT2D eigenvalue weighted by Crippen LogP contribution is -2.30. The topological polar surface area (TPSA) is 58.7 Å². The zero-order chi connectivity index (χ0) is 14.3. The van der Waals surface area contributed by atoms with E-state index >= 15 is 0 Å². The molecule has 0 spiro atoms. The van der Waals surface area contributed by atoms with E-state index in [1.165, 1.54) is 0 Å². The van der Waals surface area contributed by atoms with Crippen LogP contribution in [-0.4, -0.2) is 47.8 Å². The van der Waals surface area contributed by atoms with Crippen LogP contribution in [0, 0.1) is 0 Å². The van der Waals surface area contributed by atoms with Gasteiger partial charge in [0.1, 0.15) is 12.4 Å². The number of hydrogen-bond donors (Lipinski definition) is 2. The second-order valence-corrected chi connectivity index (χ2v) is 5.27. The highest BCUT2D eigenvalue weighted by Crippen LogP contribution is 2.12. The van der Waals surface area contributed by atoms with Crippen molar-refractivity contribution in [2.45, 2.75) is 19.4 Å². The molecule has 1 atom stereocenters. The van der Waals surface area contributed by atoms with Crippen molar-refractivity contribution in [2.24, 2.45) is 5.73 Å². The largest absolute Gasteiger partial charge is 0.492 e. The fraction of sp³-hybridized carbons (Fsp3) is 0.500. The molecule has 0 aromatic heterocycles. The van der Waals surface area contributed by atoms with Gasteiger partial charge >= 0.3 is 0 Å². The van der Waals surface area contributed by atoms with Gasteiger partial charge in [0.25, 0.3) is 0 Å². The highest BCUT2D eigenvalue weighted by atomic mass is 32.1. The predicted octanol–water partition coefficient (Wildman–Crippen LogP) is 1.21. The number of nitrogens with zero attached hydrogens (tertiary/aromatic N) is 1. The van der Waals surface area contributed by atoms with Crippen molar-refractivity contribution in [2.75, 3.05) is 26.7 Å². The average molecular weight is 282 g/mol. The maximum absolute atomic E-state index is 9.24. The normalized spacial score (nSPS) is 12.4. The van der Waals surface area contributed by atoms with E-state index < -0.39 is 0 Å². The number of nitrogens with two attached hydrogens (primary N) is 1. The molecule has 1 aromatic carbocycles. The number of rotatable bonds is 8. The third-order valence-corrected chi connectivity index (χ3v) is 2.76. The zero-order valence-electron chi connectivity index (χ0n) is 11.5. The molecule has 0 aliphatic heterocycles. The van der Waals surface area contributed by atoms with Crippen molar-refractivity contribution in [3.05, 3.63) is 29.8 Å². The molecule has 19 heavy (non-hydrogen) atoms. The van der Waals surface area contributed by atoms with Crippen molar-refractivity contribution in [3.63, 3.8) is 0 Å². The summed E-state index contributed by atoms with van der Waals surface area (Å²) < 4.78 is 5.63. The van der Waals surface area contributed by atoms with E-state index in [0.29, 0.717) is 24.6 Å². The molecule has 0 fully saturated rings. The summed E-state index contributed by atoms with van der Waals surface area (Å²) in [5.74, 6) is 0.831. The minimum atomic E-state index is -0.315. The molecule has 106 valence electrons. The quantitative estimate of drug-likeness (QED) is 0.702. The summed E-state index contributed by atoms with van der Waals surface area (Å²) in [7, 11) is 1.96. The summed E-state index contributed by atoms with van der Waals surface area (Å²) in [5.41, 5.74) is 6.58. The summed E-state index contributed by atoms with van der Waals surface area (Å²) in [6.07, 6.45) is 0.302. The number of aliphatic hydroxyl groups excluding tert-OH is 1. The highest BCUT2D eigenvalue weighted by molar-refractivity contribution is 7.80. The van der Waals surface area contributed by atoms with Gasteiger partial charge in [-0.15, -0.1) is 0 Å². The molecule has 3 N–H and O–H groups in total. The van der Waals surface area contributed by atoms with Crippen LogP contribution in [0.1, 0.15) is 12.5 Å². The molecule has 0 aliphatic rings. The van der Waals surface area contributed by atoms with Crippen LogP contribution in [0.5, 0.6) is 5.75 Å². The Morgan fingerprint density at radius 2 is 2.05 bits per heavy atom. The van der Waals surface area contributed by atoms with E-state index in [9.17, 15) is 5.11 Å². The summed E-state index contributed by atoms with van der Waals surface area (Å²) in [4.78, 5) is 2.53. The summed E-state index contributed by atoms with van der Waals surface area (Å²) in [6, 6.07) is 7.77. The first-order chi connectivity index (χ1) is 8.97. The van der Waals surface area contributed by atoms with E-state index in [1.54, 1.807) is 6.92 Å². The molecular weight excluding hydrogens is 260 g/mol. The molecule has 1 aromatic rings. The monoisotopic (exact) mass is 282 g/mol.